The second-order valence-corrected chi connectivity index (χ2v) is 6.45. The van der Waals surface area contributed by atoms with Crippen molar-refractivity contribution in [2.45, 2.75) is 31.9 Å². The first-order valence-electron chi connectivity index (χ1n) is 8.25. The molecule has 3 heterocycles. The molecule has 0 saturated carbocycles. The molecule has 4 nitrogen and oxygen atoms in total. The summed E-state index contributed by atoms with van der Waals surface area (Å²) in [5, 5.41) is 0. The van der Waals surface area contributed by atoms with Crippen LogP contribution in [0, 0.1) is 5.41 Å². The fraction of sp³-hybridized carbons (Fsp3) is 0.611. The lowest BCUT2D eigenvalue weighted by Gasteiger charge is -2.50. The Bertz CT molecular complexity index is 479. The maximum atomic E-state index is 6.07. The van der Waals surface area contributed by atoms with Crippen molar-refractivity contribution in [3.05, 3.63) is 42.7 Å². The van der Waals surface area contributed by atoms with Gasteiger partial charge in [0.15, 0.2) is 0 Å². The molecule has 2 aliphatic rings. The van der Waals surface area contributed by atoms with E-state index in [1.165, 1.54) is 6.42 Å². The van der Waals surface area contributed by atoms with Crippen molar-refractivity contribution >= 4 is 0 Å². The summed E-state index contributed by atoms with van der Waals surface area (Å²) in [6, 6.07) is 6.13. The minimum Gasteiger partial charge on any atom is -0.377 e. The van der Waals surface area contributed by atoms with Crippen LogP contribution in [0.25, 0.3) is 0 Å². The predicted molar refractivity (Wildman–Crippen MR) is 86.6 cm³/mol. The molecule has 2 fully saturated rings. The van der Waals surface area contributed by atoms with Crippen LogP contribution < -0.4 is 0 Å². The number of ether oxygens (including phenoxy) is 2. The number of rotatable bonds is 6. The van der Waals surface area contributed by atoms with E-state index in [0.29, 0.717) is 12.7 Å². The topological polar surface area (TPSA) is 34.6 Å². The number of piperidine rings is 1. The molecule has 2 atom stereocenters. The Balaban J connectivity index is 1.67. The maximum Gasteiger partial charge on any atom is 0.0677 e. The number of fused-ring (bicyclic) bond motifs is 1. The van der Waals surface area contributed by atoms with Gasteiger partial charge in [-0.2, -0.15) is 0 Å². The zero-order valence-corrected chi connectivity index (χ0v) is 13.2. The second-order valence-electron chi connectivity index (χ2n) is 6.45. The van der Waals surface area contributed by atoms with Crippen LogP contribution in [0.1, 0.15) is 25.0 Å². The summed E-state index contributed by atoms with van der Waals surface area (Å²) in [6.45, 7) is 9.04. The Kier molecular flexibility index (Phi) is 5.24. The lowest BCUT2D eigenvalue weighted by Crippen LogP contribution is -2.56. The van der Waals surface area contributed by atoms with Crippen molar-refractivity contribution in [2.24, 2.45) is 5.41 Å². The highest BCUT2D eigenvalue weighted by atomic mass is 16.5. The van der Waals surface area contributed by atoms with E-state index in [-0.39, 0.29) is 5.41 Å². The van der Waals surface area contributed by atoms with Gasteiger partial charge in [-0.05, 0) is 31.4 Å². The van der Waals surface area contributed by atoms with Gasteiger partial charge in [0, 0.05) is 37.9 Å². The lowest BCUT2D eigenvalue weighted by atomic mass is 9.73. The molecule has 0 aliphatic carbocycles. The average Bonchev–Trinajstić information content (AvgIpc) is 2.56. The normalized spacial score (nSPS) is 29.0. The highest BCUT2D eigenvalue weighted by molar-refractivity contribution is 5.05. The summed E-state index contributed by atoms with van der Waals surface area (Å²) in [5.41, 5.74) is 1.27. The van der Waals surface area contributed by atoms with Gasteiger partial charge in [0.25, 0.3) is 0 Å². The van der Waals surface area contributed by atoms with Crippen molar-refractivity contribution in [1.82, 2.24) is 9.88 Å². The smallest absolute Gasteiger partial charge is 0.0677 e. The third-order valence-corrected chi connectivity index (χ3v) is 4.80. The van der Waals surface area contributed by atoms with E-state index in [4.69, 9.17) is 9.47 Å². The Hall–Kier alpha value is -1.23. The first-order chi connectivity index (χ1) is 10.8. The molecule has 3 rings (SSSR count). The van der Waals surface area contributed by atoms with Crippen LogP contribution in [0.15, 0.2) is 37.1 Å². The van der Waals surface area contributed by atoms with Gasteiger partial charge in [-0.15, -0.1) is 6.58 Å². The van der Waals surface area contributed by atoms with E-state index < -0.39 is 0 Å². The van der Waals surface area contributed by atoms with E-state index in [1.807, 2.05) is 18.3 Å². The summed E-state index contributed by atoms with van der Waals surface area (Å²) in [4.78, 5) is 6.96. The fourth-order valence-electron chi connectivity index (χ4n) is 3.79. The third kappa shape index (κ3) is 3.57. The van der Waals surface area contributed by atoms with Crippen molar-refractivity contribution < 1.29 is 9.47 Å². The predicted octanol–water partition coefficient (Wildman–Crippen LogP) is 2.66. The fourth-order valence-corrected chi connectivity index (χ4v) is 3.79. The van der Waals surface area contributed by atoms with E-state index in [0.717, 1.165) is 51.4 Å². The molecule has 0 amide bonds. The van der Waals surface area contributed by atoms with Crippen molar-refractivity contribution in [3.63, 3.8) is 0 Å². The highest BCUT2D eigenvalue weighted by Gasteiger charge is 2.46. The summed E-state index contributed by atoms with van der Waals surface area (Å²) >= 11 is 0. The molecule has 0 N–H and O–H groups in total. The summed E-state index contributed by atoms with van der Waals surface area (Å²) in [6.07, 6.45) is 7.44. The number of hydrogen-bond donors (Lipinski definition) is 0. The van der Waals surface area contributed by atoms with E-state index in [9.17, 15) is 0 Å². The molecule has 22 heavy (non-hydrogen) atoms. The van der Waals surface area contributed by atoms with Crippen LogP contribution in [0.3, 0.4) is 0 Å². The SMILES string of the molecule is C=CCOC[C@]12CCCO[C@H]1CCN(Cc1ccccn1)C2. The molecule has 0 aromatic carbocycles. The van der Waals surface area contributed by atoms with Crippen molar-refractivity contribution in [2.75, 3.05) is 32.9 Å². The Labute approximate surface area is 133 Å². The Morgan fingerprint density at radius 2 is 2.45 bits per heavy atom. The summed E-state index contributed by atoms with van der Waals surface area (Å²) < 4.78 is 11.9. The molecule has 2 aliphatic heterocycles. The van der Waals surface area contributed by atoms with E-state index >= 15 is 0 Å². The quantitative estimate of drug-likeness (QED) is 0.598. The monoisotopic (exact) mass is 302 g/mol. The Morgan fingerprint density at radius 3 is 3.27 bits per heavy atom. The molecule has 4 heteroatoms. The molecule has 0 bridgehead atoms. The number of likely N-dealkylation sites (tertiary alicyclic amines) is 1. The van der Waals surface area contributed by atoms with Gasteiger partial charge in [0.05, 0.1) is 25.0 Å². The van der Waals surface area contributed by atoms with Crippen LogP contribution in [0.4, 0.5) is 0 Å². The van der Waals surface area contributed by atoms with E-state index in [1.54, 1.807) is 0 Å². The minimum atomic E-state index is 0.133. The highest BCUT2D eigenvalue weighted by Crippen LogP contribution is 2.40. The molecule has 1 aromatic heterocycles. The van der Waals surface area contributed by atoms with E-state index in [2.05, 4.69) is 28.6 Å². The molecule has 0 unspecified atom stereocenters. The average molecular weight is 302 g/mol. The van der Waals surface area contributed by atoms with Gasteiger partial charge in [-0.25, -0.2) is 0 Å². The van der Waals surface area contributed by atoms with Crippen molar-refractivity contribution in [3.8, 4) is 0 Å². The number of pyridine rings is 1. The molecule has 0 spiro atoms. The van der Waals surface area contributed by atoms with Gasteiger partial charge < -0.3 is 9.47 Å². The third-order valence-electron chi connectivity index (χ3n) is 4.80. The summed E-state index contributed by atoms with van der Waals surface area (Å²) in [5.74, 6) is 0. The summed E-state index contributed by atoms with van der Waals surface area (Å²) in [7, 11) is 0. The van der Waals surface area contributed by atoms with Gasteiger partial charge in [-0.1, -0.05) is 12.1 Å². The molecule has 120 valence electrons. The minimum absolute atomic E-state index is 0.133. The largest absolute Gasteiger partial charge is 0.377 e. The number of aromatic nitrogens is 1. The zero-order valence-electron chi connectivity index (χ0n) is 13.2. The molecule has 0 radical (unpaired) electrons. The molecular formula is C18H26N2O2. The molecule has 1 aromatic rings. The first kappa shape index (κ1) is 15.7. The standard InChI is InChI=1S/C18H26N2O2/c1-2-11-21-15-18-8-5-12-22-17(18)7-10-20(14-18)13-16-6-3-4-9-19-16/h2-4,6,9,17H,1,5,7-8,10-15H2/t17-,18+/m0/s1. The number of nitrogens with zero attached hydrogens (tertiary/aromatic N) is 2. The van der Waals surface area contributed by atoms with Crippen molar-refractivity contribution in [1.29, 1.82) is 0 Å². The van der Waals surface area contributed by atoms with Crippen LogP contribution in [0.5, 0.6) is 0 Å². The van der Waals surface area contributed by atoms with Gasteiger partial charge in [0.2, 0.25) is 0 Å². The van der Waals surface area contributed by atoms with Crippen LogP contribution >= 0.6 is 0 Å². The number of hydrogen-bond acceptors (Lipinski definition) is 4. The van der Waals surface area contributed by atoms with Crippen LogP contribution in [0.2, 0.25) is 0 Å². The maximum absolute atomic E-state index is 6.07. The second kappa shape index (κ2) is 7.36. The van der Waals surface area contributed by atoms with Gasteiger partial charge in [-0.3, -0.25) is 9.88 Å². The lowest BCUT2D eigenvalue weighted by molar-refractivity contribution is -0.152. The van der Waals surface area contributed by atoms with Crippen LogP contribution in [-0.2, 0) is 16.0 Å². The van der Waals surface area contributed by atoms with Gasteiger partial charge in [0.1, 0.15) is 0 Å². The van der Waals surface area contributed by atoms with Gasteiger partial charge >= 0.3 is 0 Å². The molecule has 2 saturated heterocycles. The molecular weight excluding hydrogens is 276 g/mol. The zero-order chi connectivity index (χ0) is 15.3. The Morgan fingerprint density at radius 1 is 1.50 bits per heavy atom. The first-order valence-corrected chi connectivity index (χ1v) is 8.25. The van der Waals surface area contributed by atoms with Crippen LogP contribution in [-0.4, -0.2) is 48.9 Å².